The number of fused-ring (bicyclic) bond motifs is 1. The SMILES string of the molecule is CC1(c2ccc(OC(F)(F)F)cc2)NC(=O)N(Cc2ccc(F)c3cccnc23)C1=O. The quantitative estimate of drug-likeness (QED) is 0.494. The molecule has 1 aliphatic heterocycles. The molecular weight excluding hydrogens is 418 g/mol. The summed E-state index contributed by atoms with van der Waals surface area (Å²) < 4.78 is 54.9. The third kappa shape index (κ3) is 3.76. The number of hydrogen-bond acceptors (Lipinski definition) is 4. The smallest absolute Gasteiger partial charge is 0.406 e. The Bertz CT molecular complexity index is 1180. The van der Waals surface area contributed by atoms with E-state index in [-0.39, 0.29) is 17.5 Å². The molecule has 6 nitrogen and oxygen atoms in total. The number of alkyl halides is 3. The lowest BCUT2D eigenvalue weighted by Gasteiger charge is -2.22. The van der Waals surface area contributed by atoms with Crippen molar-refractivity contribution in [1.82, 2.24) is 15.2 Å². The second kappa shape index (κ2) is 7.22. The third-order valence-electron chi connectivity index (χ3n) is 5.07. The van der Waals surface area contributed by atoms with Gasteiger partial charge in [-0.1, -0.05) is 18.2 Å². The van der Waals surface area contributed by atoms with Gasteiger partial charge in [0.2, 0.25) is 0 Å². The molecule has 0 radical (unpaired) electrons. The first kappa shape index (κ1) is 20.6. The summed E-state index contributed by atoms with van der Waals surface area (Å²) in [6.07, 6.45) is -3.36. The molecule has 0 aliphatic carbocycles. The van der Waals surface area contributed by atoms with Crippen LogP contribution in [-0.2, 0) is 16.9 Å². The van der Waals surface area contributed by atoms with Crippen LogP contribution >= 0.6 is 0 Å². The topological polar surface area (TPSA) is 71.5 Å². The molecule has 1 aromatic heterocycles. The van der Waals surface area contributed by atoms with Crippen LogP contribution in [0.3, 0.4) is 0 Å². The molecular formula is C21H15F4N3O3. The Morgan fingerprint density at radius 1 is 1.10 bits per heavy atom. The minimum Gasteiger partial charge on any atom is -0.406 e. The third-order valence-corrected chi connectivity index (χ3v) is 5.07. The number of pyridine rings is 1. The summed E-state index contributed by atoms with van der Waals surface area (Å²) in [5, 5.41) is 2.83. The second-order valence-corrected chi connectivity index (χ2v) is 7.12. The molecule has 1 atom stereocenters. The Hall–Kier alpha value is -3.69. The molecule has 1 N–H and O–H groups in total. The van der Waals surface area contributed by atoms with Crippen molar-refractivity contribution >= 4 is 22.8 Å². The van der Waals surface area contributed by atoms with Gasteiger partial charge in [0.1, 0.15) is 17.1 Å². The van der Waals surface area contributed by atoms with Gasteiger partial charge in [-0.3, -0.25) is 14.7 Å². The summed E-state index contributed by atoms with van der Waals surface area (Å²) in [5.41, 5.74) is -0.411. The Kier molecular flexibility index (Phi) is 4.79. The predicted molar refractivity (Wildman–Crippen MR) is 101 cm³/mol. The van der Waals surface area contributed by atoms with Crippen LogP contribution in [0, 0.1) is 5.82 Å². The van der Waals surface area contributed by atoms with Crippen molar-refractivity contribution in [2.24, 2.45) is 0 Å². The van der Waals surface area contributed by atoms with Crippen molar-refractivity contribution in [1.29, 1.82) is 0 Å². The summed E-state index contributed by atoms with van der Waals surface area (Å²) in [6, 6.07) is 9.79. The molecule has 31 heavy (non-hydrogen) atoms. The first-order valence-electron chi connectivity index (χ1n) is 9.11. The number of nitrogens with one attached hydrogen (secondary N) is 1. The molecule has 1 aliphatic rings. The summed E-state index contributed by atoms with van der Waals surface area (Å²) in [7, 11) is 0. The highest BCUT2D eigenvalue weighted by atomic mass is 19.4. The summed E-state index contributed by atoms with van der Waals surface area (Å²) in [6.45, 7) is 1.30. The Morgan fingerprint density at radius 2 is 1.81 bits per heavy atom. The van der Waals surface area contributed by atoms with Gasteiger partial charge < -0.3 is 10.1 Å². The van der Waals surface area contributed by atoms with E-state index in [4.69, 9.17) is 0 Å². The largest absolute Gasteiger partial charge is 0.573 e. The van der Waals surface area contributed by atoms with Crippen molar-refractivity contribution in [2.75, 3.05) is 0 Å². The number of urea groups is 1. The minimum absolute atomic E-state index is 0.149. The van der Waals surface area contributed by atoms with Crippen LogP contribution in [0.5, 0.6) is 5.75 Å². The zero-order valence-electron chi connectivity index (χ0n) is 16.0. The van der Waals surface area contributed by atoms with Crippen molar-refractivity contribution in [3.05, 3.63) is 71.7 Å². The first-order chi connectivity index (χ1) is 14.6. The number of rotatable bonds is 4. The highest BCUT2D eigenvalue weighted by molar-refractivity contribution is 6.07. The van der Waals surface area contributed by atoms with Gasteiger partial charge in [-0.25, -0.2) is 9.18 Å². The highest BCUT2D eigenvalue weighted by Gasteiger charge is 2.49. The van der Waals surface area contributed by atoms with E-state index in [1.54, 1.807) is 12.1 Å². The van der Waals surface area contributed by atoms with Crippen molar-refractivity contribution in [3.63, 3.8) is 0 Å². The number of carbonyl (C=O) groups is 2. The van der Waals surface area contributed by atoms with Crippen LogP contribution < -0.4 is 10.1 Å². The molecule has 0 bridgehead atoms. The van der Waals surface area contributed by atoms with E-state index in [1.165, 1.54) is 37.4 Å². The molecule has 160 valence electrons. The van der Waals surface area contributed by atoms with Gasteiger partial charge in [-0.15, -0.1) is 13.2 Å². The number of aromatic nitrogens is 1. The van der Waals surface area contributed by atoms with Crippen LogP contribution in [0.15, 0.2) is 54.7 Å². The predicted octanol–water partition coefficient (Wildman–Crippen LogP) is 4.24. The highest BCUT2D eigenvalue weighted by Crippen LogP contribution is 2.32. The fourth-order valence-corrected chi connectivity index (χ4v) is 3.52. The zero-order valence-corrected chi connectivity index (χ0v) is 16.0. The van der Waals surface area contributed by atoms with Gasteiger partial charge >= 0.3 is 12.4 Å². The molecule has 10 heteroatoms. The fourth-order valence-electron chi connectivity index (χ4n) is 3.52. The summed E-state index contributed by atoms with van der Waals surface area (Å²) in [5.74, 6) is -1.53. The fraction of sp³-hybridized carbons (Fsp3) is 0.190. The molecule has 0 spiro atoms. The van der Waals surface area contributed by atoms with Crippen LogP contribution in [-0.4, -0.2) is 28.2 Å². The number of carbonyl (C=O) groups excluding carboxylic acids is 2. The lowest BCUT2D eigenvalue weighted by Crippen LogP contribution is -2.40. The molecule has 4 rings (SSSR count). The molecule has 2 heterocycles. The van der Waals surface area contributed by atoms with Crippen molar-refractivity contribution < 1.29 is 31.9 Å². The van der Waals surface area contributed by atoms with E-state index in [0.29, 0.717) is 11.1 Å². The van der Waals surface area contributed by atoms with Crippen LogP contribution in [0.4, 0.5) is 22.4 Å². The number of imide groups is 1. The van der Waals surface area contributed by atoms with E-state index in [2.05, 4.69) is 15.0 Å². The second-order valence-electron chi connectivity index (χ2n) is 7.12. The van der Waals surface area contributed by atoms with Crippen LogP contribution in [0.1, 0.15) is 18.1 Å². The summed E-state index contributed by atoms with van der Waals surface area (Å²) in [4.78, 5) is 30.8. The zero-order chi connectivity index (χ0) is 22.4. The minimum atomic E-state index is -4.84. The molecule has 2 aromatic carbocycles. The number of nitrogens with zero attached hydrogens (tertiary/aromatic N) is 2. The van der Waals surface area contributed by atoms with Gasteiger partial charge in [0, 0.05) is 11.6 Å². The van der Waals surface area contributed by atoms with Crippen LogP contribution in [0.25, 0.3) is 10.9 Å². The Labute approximate surface area is 173 Å². The van der Waals surface area contributed by atoms with Crippen molar-refractivity contribution in [2.45, 2.75) is 25.4 Å². The van der Waals surface area contributed by atoms with E-state index in [9.17, 15) is 27.2 Å². The number of benzene rings is 2. The number of ether oxygens (including phenoxy) is 1. The van der Waals surface area contributed by atoms with Gasteiger partial charge in [0.15, 0.2) is 0 Å². The molecule has 3 aromatic rings. The van der Waals surface area contributed by atoms with Gasteiger partial charge in [-0.2, -0.15) is 0 Å². The Morgan fingerprint density at radius 3 is 2.48 bits per heavy atom. The molecule has 1 fully saturated rings. The lowest BCUT2D eigenvalue weighted by molar-refractivity contribution is -0.274. The molecule has 1 unspecified atom stereocenters. The molecule has 0 saturated carbocycles. The average Bonchev–Trinajstić information content (AvgIpc) is 2.93. The van der Waals surface area contributed by atoms with Crippen molar-refractivity contribution in [3.8, 4) is 5.75 Å². The van der Waals surface area contributed by atoms with E-state index < -0.39 is 35.4 Å². The maximum absolute atomic E-state index is 14.0. The van der Waals surface area contributed by atoms with E-state index in [0.717, 1.165) is 17.0 Å². The number of amides is 3. The van der Waals surface area contributed by atoms with Crippen LogP contribution in [0.2, 0.25) is 0 Å². The van der Waals surface area contributed by atoms with Gasteiger partial charge in [-0.05, 0) is 48.4 Å². The van der Waals surface area contributed by atoms with E-state index in [1.807, 2.05) is 0 Å². The van der Waals surface area contributed by atoms with E-state index >= 15 is 0 Å². The number of hydrogen-bond donors (Lipinski definition) is 1. The Balaban J connectivity index is 1.61. The number of halogens is 4. The first-order valence-corrected chi connectivity index (χ1v) is 9.11. The lowest BCUT2D eigenvalue weighted by atomic mass is 9.92. The summed E-state index contributed by atoms with van der Waals surface area (Å²) >= 11 is 0. The molecule has 3 amide bonds. The standard InChI is InChI=1S/C21H15F4N3O3/c1-20(13-5-7-14(8-6-13)31-21(23,24)25)18(29)28(19(30)27-20)11-12-4-9-16(22)15-3-2-10-26-17(12)15/h2-10H,11H2,1H3,(H,27,30). The average molecular weight is 433 g/mol. The van der Waals surface area contributed by atoms with Gasteiger partial charge in [0.25, 0.3) is 5.91 Å². The monoisotopic (exact) mass is 433 g/mol. The normalized spacial score (nSPS) is 19.1. The maximum Gasteiger partial charge on any atom is 0.573 e. The maximum atomic E-state index is 14.0. The van der Waals surface area contributed by atoms with Gasteiger partial charge in [0.05, 0.1) is 12.1 Å². The molecule has 1 saturated heterocycles.